The van der Waals surface area contributed by atoms with Crippen LogP contribution < -0.4 is 4.74 Å². The minimum atomic E-state index is -0.752. The van der Waals surface area contributed by atoms with E-state index in [1.807, 2.05) is 36.9 Å². The topological polar surface area (TPSA) is 57.8 Å². The van der Waals surface area contributed by atoms with E-state index in [9.17, 15) is 0 Å². The molecule has 0 saturated carbocycles. The SMILES string of the molecule is c1cnc2c(c1)C1(c3cccnc3-2)c2cccc(-n3c4ccccc4c4ccccc43)c2Oc2c(-n3c4ccccc4c4ccncc43)cccc21. The lowest BCUT2D eigenvalue weighted by Crippen LogP contribution is -2.33. The van der Waals surface area contributed by atoms with E-state index in [0.717, 1.165) is 84.0 Å². The van der Waals surface area contributed by atoms with E-state index in [2.05, 4.69) is 142 Å². The first-order valence-corrected chi connectivity index (χ1v) is 17.5. The summed E-state index contributed by atoms with van der Waals surface area (Å²) < 4.78 is 12.2. The van der Waals surface area contributed by atoms with Gasteiger partial charge in [0.1, 0.15) is 0 Å². The summed E-state index contributed by atoms with van der Waals surface area (Å²) in [5, 5.41) is 4.71. The molecule has 0 bridgehead atoms. The molecule has 1 spiro atoms. The van der Waals surface area contributed by atoms with Gasteiger partial charge in [-0.3, -0.25) is 15.0 Å². The second kappa shape index (κ2) is 10.0. The van der Waals surface area contributed by atoms with Gasteiger partial charge in [0.25, 0.3) is 0 Å². The van der Waals surface area contributed by atoms with Crippen molar-refractivity contribution in [1.29, 1.82) is 0 Å². The molecule has 6 heteroatoms. The molecule has 0 N–H and O–H groups in total. The molecule has 5 aromatic carbocycles. The van der Waals surface area contributed by atoms with Crippen molar-refractivity contribution in [2.24, 2.45) is 0 Å². The van der Waals surface area contributed by atoms with Gasteiger partial charge < -0.3 is 13.9 Å². The van der Waals surface area contributed by atoms with Crippen molar-refractivity contribution in [3.05, 3.63) is 187 Å². The number of fused-ring (bicyclic) bond motifs is 15. The van der Waals surface area contributed by atoms with E-state index in [0.29, 0.717) is 0 Å². The van der Waals surface area contributed by atoms with Gasteiger partial charge in [0.15, 0.2) is 11.5 Å². The Hall–Kier alpha value is -7.05. The van der Waals surface area contributed by atoms with Gasteiger partial charge in [-0.05, 0) is 59.7 Å². The molecule has 6 heterocycles. The summed E-state index contributed by atoms with van der Waals surface area (Å²) >= 11 is 0. The third kappa shape index (κ3) is 3.32. The van der Waals surface area contributed by atoms with Crippen LogP contribution in [0.1, 0.15) is 22.3 Å². The minimum absolute atomic E-state index is 0.752. The fourth-order valence-electron chi connectivity index (χ4n) is 9.23. The van der Waals surface area contributed by atoms with Gasteiger partial charge in [0, 0.05) is 51.3 Å². The average molecular weight is 666 g/mol. The minimum Gasteiger partial charge on any atom is -0.452 e. The second-order valence-corrected chi connectivity index (χ2v) is 13.6. The smallest absolute Gasteiger partial charge is 0.156 e. The van der Waals surface area contributed by atoms with Gasteiger partial charge in [0.2, 0.25) is 0 Å². The maximum Gasteiger partial charge on any atom is 0.156 e. The fraction of sp³-hybridized carbons (Fsp3) is 0.0217. The molecule has 6 nitrogen and oxygen atoms in total. The molecule has 5 aromatic heterocycles. The highest BCUT2D eigenvalue weighted by atomic mass is 16.5. The van der Waals surface area contributed by atoms with Crippen molar-refractivity contribution >= 4 is 43.6 Å². The summed E-state index contributed by atoms with van der Waals surface area (Å²) in [6.07, 6.45) is 7.56. The number of nitrogens with zero attached hydrogens (tertiary/aromatic N) is 5. The van der Waals surface area contributed by atoms with E-state index < -0.39 is 5.41 Å². The number of ether oxygens (including phenoxy) is 1. The number of rotatable bonds is 2. The molecular formula is C46H27N5O. The Kier molecular flexibility index (Phi) is 5.34. The lowest BCUT2D eigenvalue weighted by Gasteiger charge is -2.40. The summed E-state index contributed by atoms with van der Waals surface area (Å²) in [6.45, 7) is 0. The van der Waals surface area contributed by atoms with Crippen LogP contribution in [0, 0.1) is 0 Å². The molecule has 0 saturated heterocycles. The Labute approximate surface area is 297 Å². The molecule has 1 aliphatic carbocycles. The van der Waals surface area contributed by atoms with Crippen molar-refractivity contribution in [3.8, 4) is 34.3 Å². The van der Waals surface area contributed by atoms with Gasteiger partial charge >= 0.3 is 0 Å². The maximum absolute atomic E-state index is 7.50. The molecule has 0 unspecified atom stereocenters. The first-order valence-electron chi connectivity index (χ1n) is 17.5. The van der Waals surface area contributed by atoms with E-state index in [4.69, 9.17) is 14.7 Å². The number of benzene rings is 5. The van der Waals surface area contributed by atoms with Crippen molar-refractivity contribution < 1.29 is 4.74 Å². The Morgan fingerprint density at radius 1 is 0.404 bits per heavy atom. The van der Waals surface area contributed by atoms with Crippen LogP contribution in [0.3, 0.4) is 0 Å². The quantitative estimate of drug-likeness (QED) is 0.184. The largest absolute Gasteiger partial charge is 0.452 e. The Morgan fingerprint density at radius 2 is 0.865 bits per heavy atom. The zero-order valence-corrected chi connectivity index (χ0v) is 27.7. The molecule has 52 heavy (non-hydrogen) atoms. The first-order chi connectivity index (χ1) is 25.8. The van der Waals surface area contributed by atoms with Crippen LogP contribution in [0.5, 0.6) is 11.5 Å². The summed E-state index contributed by atoms with van der Waals surface area (Å²) in [7, 11) is 0. The lowest BCUT2D eigenvalue weighted by molar-refractivity contribution is 0.433. The standard InChI is InChI=1S/C46H27N5O/c1-4-18-36-28(11-1)29-12-2-5-19-37(29)50(36)39-21-7-14-34-44(39)52-45-35(46(34)32-16-9-24-48-42(32)43-33(46)17-10-25-49-43)15-8-22-40(45)51-38-20-6-3-13-30(38)31-23-26-47-27-41(31)51/h1-27H. The highest BCUT2D eigenvalue weighted by Crippen LogP contribution is 2.63. The Bertz CT molecular complexity index is 2820. The van der Waals surface area contributed by atoms with E-state index >= 15 is 0 Å². The van der Waals surface area contributed by atoms with Crippen LogP contribution in [0.15, 0.2) is 164 Å². The average Bonchev–Trinajstić information content (AvgIpc) is 3.83. The van der Waals surface area contributed by atoms with Crippen molar-refractivity contribution in [3.63, 3.8) is 0 Å². The van der Waals surface area contributed by atoms with Gasteiger partial charge in [-0.25, -0.2) is 0 Å². The van der Waals surface area contributed by atoms with Gasteiger partial charge in [-0.2, -0.15) is 0 Å². The predicted molar refractivity (Wildman–Crippen MR) is 206 cm³/mol. The molecule has 242 valence electrons. The monoisotopic (exact) mass is 665 g/mol. The number of aromatic nitrogens is 5. The van der Waals surface area contributed by atoms with Crippen LogP contribution >= 0.6 is 0 Å². The summed E-state index contributed by atoms with van der Waals surface area (Å²) in [6, 6.07) is 49.6. The molecule has 10 aromatic rings. The fourth-order valence-corrected chi connectivity index (χ4v) is 9.23. The third-order valence-corrected chi connectivity index (χ3v) is 11.2. The van der Waals surface area contributed by atoms with Gasteiger partial charge in [-0.1, -0.05) is 91.0 Å². The Balaban J connectivity index is 1.26. The molecular weight excluding hydrogens is 639 g/mol. The van der Waals surface area contributed by atoms with Crippen molar-refractivity contribution in [1.82, 2.24) is 24.1 Å². The zero-order chi connectivity index (χ0) is 34.0. The number of hydrogen-bond acceptors (Lipinski definition) is 4. The van der Waals surface area contributed by atoms with Gasteiger partial charge in [0.05, 0.1) is 56.4 Å². The molecule has 1 aliphatic heterocycles. The molecule has 0 fully saturated rings. The van der Waals surface area contributed by atoms with Crippen LogP contribution in [-0.4, -0.2) is 24.1 Å². The van der Waals surface area contributed by atoms with E-state index in [1.54, 1.807) is 0 Å². The first kappa shape index (κ1) is 27.7. The van der Waals surface area contributed by atoms with Crippen LogP contribution in [0.25, 0.3) is 66.4 Å². The predicted octanol–water partition coefficient (Wildman–Crippen LogP) is 10.5. The molecule has 0 amide bonds. The number of pyridine rings is 3. The summed E-state index contributed by atoms with van der Waals surface area (Å²) in [4.78, 5) is 14.6. The van der Waals surface area contributed by atoms with Gasteiger partial charge in [-0.15, -0.1) is 0 Å². The van der Waals surface area contributed by atoms with Crippen molar-refractivity contribution in [2.45, 2.75) is 5.41 Å². The molecule has 0 atom stereocenters. The third-order valence-electron chi connectivity index (χ3n) is 11.2. The molecule has 12 rings (SSSR count). The zero-order valence-electron chi connectivity index (χ0n) is 27.7. The highest BCUT2D eigenvalue weighted by Gasteiger charge is 2.53. The maximum atomic E-state index is 7.50. The second-order valence-electron chi connectivity index (χ2n) is 13.6. The normalized spacial score (nSPS) is 13.7. The molecule has 2 aliphatic rings. The van der Waals surface area contributed by atoms with E-state index in [-0.39, 0.29) is 0 Å². The summed E-state index contributed by atoms with van der Waals surface area (Å²) in [5.74, 6) is 1.60. The van der Waals surface area contributed by atoms with Crippen LogP contribution in [0.2, 0.25) is 0 Å². The van der Waals surface area contributed by atoms with Crippen LogP contribution in [-0.2, 0) is 5.41 Å². The van der Waals surface area contributed by atoms with Crippen molar-refractivity contribution in [2.75, 3.05) is 0 Å². The van der Waals surface area contributed by atoms with E-state index in [1.165, 1.54) is 16.2 Å². The Morgan fingerprint density at radius 3 is 1.40 bits per heavy atom. The summed E-state index contributed by atoms with van der Waals surface area (Å²) in [5.41, 5.74) is 11.6. The highest BCUT2D eigenvalue weighted by molar-refractivity contribution is 6.10. The number of para-hydroxylation sites is 5. The van der Waals surface area contributed by atoms with Crippen LogP contribution in [0.4, 0.5) is 0 Å². The lowest BCUT2D eigenvalue weighted by atomic mass is 9.66. The molecule has 0 radical (unpaired) electrons. The number of hydrogen-bond donors (Lipinski definition) is 0.